The summed E-state index contributed by atoms with van der Waals surface area (Å²) in [4.78, 5) is 24.6. The smallest absolute Gasteiger partial charge is 0.337 e. The molecular formula is C32H35FN4O8. The minimum atomic E-state index is -1.22. The van der Waals surface area contributed by atoms with Crippen LogP contribution in [0, 0.1) is 5.82 Å². The van der Waals surface area contributed by atoms with Gasteiger partial charge in [0.05, 0.1) is 38.7 Å². The van der Waals surface area contributed by atoms with Crippen LogP contribution in [0.4, 0.5) is 9.18 Å². The molecule has 1 aliphatic heterocycles. The third kappa shape index (κ3) is 8.21. The highest BCUT2D eigenvalue weighted by molar-refractivity contribution is 5.95. The number of hydrogen-bond donors (Lipinski definition) is 4. The lowest BCUT2D eigenvalue weighted by atomic mass is 9.95. The summed E-state index contributed by atoms with van der Waals surface area (Å²) in [6.45, 7) is 3.49. The average molecular weight is 623 g/mol. The van der Waals surface area contributed by atoms with Crippen molar-refractivity contribution in [2.45, 2.75) is 32.7 Å². The molecule has 0 aliphatic carbocycles. The fourth-order valence-corrected chi connectivity index (χ4v) is 4.53. The molecule has 0 fully saturated rings. The second-order valence-corrected chi connectivity index (χ2v) is 9.67. The molecule has 1 aliphatic rings. The summed E-state index contributed by atoms with van der Waals surface area (Å²) < 4.78 is 41.8. The second kappa shape index (κ2) is 15.4. The number of hydrogen-bond acceptors (Lipinski definition) is 10. The normalized spacial score (nSPS) is 15.2. The van der Waals surface area contributed by atoms with Gasteiger partial charge in [-0.25, -0.2) is 14.0 Å². The number of para-hydroxylation sites is 1. The van der Waals surface area contributed by atoms with Gasteiger partial charge in [-0.05, 0) is 49.7 Å². The topological polar surface area (TPSA) is 149 Å². The number of esters is 1. The summed E-state index contributed by atoms with van der Waals surface area (Å²) in [5, 5.41) is 19.9. The summed E-state index contributed by atoms with van der Waals surface area (Å²) in [7, 11) is 2.76. The number of benzene rings is 3. The van der Waals surface area contributed by atoms with Gasteiger partial charge in [0.25, 0.3) is 0 Å². The number of nitrogens with one attached hydrogen (secondary N) is 3. The molecule has 3 aromatic carbocycles. The highest BCUT2D eigenvalue weighted by atomic mass is 19.1. The van der Waals surface area contributed by atoms with Crippen LogP contribution in [0.15, 0.2) is 77.0 Å². The summed E-state index contributed by atoms with van der Waals surface area (Å²) in [6, 6.07) is 15.2. The van der Waals surface area contributed by atoms with E-state index in [1.165, 1.54) is 26.5 Å². The summed E-state index contributed by atoms with van der Waals surface area (Å²) in [6.07, 6.45) is 0.217. The van der Waals surface area contributed by atoms with E-state index in [1.54, 1.807) is 68.4 Å². The highest BCUT2D eigenvalue weighted by Crippen LogP contribution is 2.35. The highest BCUT2D eigenvalue weighted by Gasteiger charge is 2.32. The number of ether oxygens (including phenoxy) is 5. The SMILES string of the molecule is CCOc1cc([C@@H]2NC(=O)NC(C)=C2C(=O)OC)ccc1OC[C@H](O)N/N=C/c1cccc(OC)c1OCc1ccccc1F. The van der Waals surface area contributed by atoms with Crippen molar-refractivity contribution in [2.24, 2.45) is 5.10 Å². The first kappa shape index (κ1) is 32.6. The zero-order chi connectivity index (χ0) is 32.3. The van der Waals surface area contributed by atoms with Crippen LogP contribution in [0.25, 0.3) is 0 Å². The lowest BCUT2D eigenvalue weighted by molar-refractivity contribution is -0.136. The number of methoxy groups -OCH3 is 2. The molecule has 2 amide bonds. The molecule has 0 spiro atoms. The largest absolute Gasteiger partial charge is 0.493 e. The number of aliphatic hydroxyl groups excluding tert-OH is 1. The minimum Gasteiger partial charge on any atom is -0.493 e. The Labute approximate surface area is 259 Å². The van der Waals surface area contributed by atoms with Crippen LogP contribution in [0.2, 0.25) is 0 Å². The maximum Gasteiger partial charge on any atom is 0.337 e. The summed E-state index contributed by atoms with van der Waals surface area (Å²) >= 11 is 0. The lowest BCUT2D eigenvalue weighted by Gasteiger charge is -2.28. The van der Waals surface area contributed by atoms with E-state index in [-0.39, 0.29) is 24.6 Å². The molecule has 0 unspecified atom stereocenters. The number of halogens is 1. The molecule has 3 aromatic rings. The maximum absolute atomic E-state index is 14.1. The first-order valence-corrected chi connectivity index (χ1v) is 14.0. The van der Waals surface area contributed by atoms with Crippen molar-refractivity contribution >= 4 is 18.2 Å². The molecule has 0 aromatic heterocycles. The molecular weight excluding hydrogens is 587 g/mol. The van der Waals surface area contributed by atoms with Crippen molar-refractivity contribution in [3.63, 3.8) is 0 Å². The van der Waals surface area contributed by atoms with E-state index in [9.17, 15) is 19.1 Å². The van der Waals surface area contributed by atoms with Gasteiger partial charge < -0.3 is 39.4 Å². The maximum atomic E-state index is 14.1. The van der Waals surface area contributed by atoms with Crippen LogP contribution < -0.4 is 35.0 Å². The zero-order valence-electron chi connectivity index (χ0n) is 25.3. The van der Waals surface area contributed by atoms with E-state index < -0.39 is 24.3 Å². The van der Waals surface area contributed by atoms with Crippen LogP contribution in [-0.2, 0) is 16.1 Å². The number of carbonyl (C=O) groups is 2. The fraction of sp³-hybridized carbons (Fsp3) is 0.281. The summed E-state index contributed by atoms with van der Waals surface area (Å²) in [5.41, 5.74) is 4.69. The number of urea groups is 1. The number of nitrogens with zero attached hydrogens (tertiary/aromatic N) is 1. The fourth-order valence-electron chi connectivity index (χ4n) is 4.53. The Morgan fingerprint density at radius 3 is 2.60 bits per heavy atom. The third-order valence-corrected chi connectivity index (χ3v) is 6.66. The number of rotatable bonds is 14. The molecule has 45 heavy (non-hydrogen) atoms. The van der Waals surface area contributed by atoms with Gasteiger partial charge in [0.1, 0.15) is 19.0 Å². The van der Waals surface area contributed by atoms with E-state index >= 15 is 0 Å². The Balaban J connectivity index is 1.42. The Morgan fingerprint density at radius 2 is 1.87 bits per heavy atom. The molecule has 4 N–H and O–H groups in total. The number of hydrazone groups is 1. The standard InChI is InChI=1S/C32H35FN4O8/c1-5-43-26-15-20(29-28(31(39)42-4)19(2)35-32(40)36-29)13-14-24(26)44-18-27(38)37-34-16-21-10-8-12-25(41-3)30(21)45-17-22-9-6-7-11-23(22)33/h6-16,27,29,37-38H,5,17-18H2,1-4H3,(H2,35,36,40)/b34-16+/t27-,29-/m0/s1. The van der Waals surface area contributed by atoms with Crippen LogP contribution in [-0.4, -0.2) is 57.0 Å². The first-order valence-electron chi connectivity index (χ1n) is 14.0. The first-order chi connectivity index (χ1) is 21.7. The Hall–Kier alpha value is -5.30. The molecule has 12 nitrogen and oxygen atoms in total. The van der Waals surface area contributed by atoms with Gasteiger partial charge in [0.2, 0.25) is 0 Å². The average Bonchev–Trinajstić information content (AvgIpc) is 3.03. The van der Waals surface area contributed by atoms with Gasteiger partial charge in [-0.2, -0.15) is 5.10 Å². The lowest BCUT2D eigenvalue weighted by Crippen LogP contribution is -2.45. The van der Waals surface area contributed by atoms with Crippen molar-refractivity contribution in [3.05, 3.63) is 94.4 Å². The Kier molecular flexibility index (Phi) is 11.2. The predicted octanol–water partition coefficient (Wildman–Crippen LogP) is 3.93. The minimum absolute atomic E-state index is 0.0252. The molecule has 0 saturated heterocycles. The zero-order valence-corrected chi connectivity index (χ0v) is 25.3. The third-order valence-electron chi connectivity index (χ3n) is 6.66. The van der Waals surface area contributed by atoms with E-state index in [0.717, 1.165) is 0 Å². The molecule has 0 radical (unpaired) electrons. The van der Waals surface area contributed by atoms with Gasteiger partial charge in [-0.3, -0.25) is 5.43 Å². The van der Waals surface area contributed by atoms with Crippen molar-refractivity contribution < 1.29 is 42.8 Å². The molecule has 2 atom stereocenters. The molecule has 0 bridgehead atoms. The second-order valence-electron chi connectivity index (χ2n) is 9.67. The monoisotopic (exact) mass is 622 g/mol. The quantitative estimate of drug-likeness (QED) is 0.0908. The van der Waals surface area contributed by atoms with Crippen LogP contribution >= 0.6 is 0 Å². The number of aliphatic hydroxyl groups is 1. The molecule has 4 rings (SSSR count). The van der Waals surface area contributed by atoms with E-state index in [1.807, 2.05) is 0 Å². The van der Waals surface area contributed by atoms with Gasteiger partial charge in [-0.1, -0.05) is 30.3 Å². The molecule has 0 saturated carbocycles. The van der Waals surface area contributed by atoms with Gasteiger partial charge in [-0.15, -0.1) is 0 Å². The van der Waals surface area contributed by atoms with Crippen molar-refractivity contribution in [2.75, 3.05) is 27.4 Å². The van der Waals surface area contributed by atoms with E-state index in [2.05, 4.69) is 21.2 Å². The van der Waals surface area contributed by atoms with Gasteiger partial charge >= 0.3 is 12.0 Å². The van der Waals surface area contributed by atoms with E-state index in [4.69, 9.17) is 23.7 Å². The van der Waals surface area contributed by atoms with Crippen LogP contribution in [0.5, 0.6) is 23.0 Å². The van der Waals surface area contributed by atoms with Gasteiger partial charge in [0.15, 0.2) is 29.2 Å². The van der Waals surface area contributed by atoms with Crippen LogP contribution in [0.3, 0.4) is 0 Å². The predicted molar refractivity (Wildman–Crippen MR) is 163 cm³/mol. The molecule has 238 valence electrons. The summed E-state index contributed by atoms with van der Waals surface area (Å²) in [5.74, 6) is 0.475. The van der Waals surface area contributed by atoms with Crippen molar-refractivity contribution in [3.8, 4) is 23.0 Å². The van der Waals surface area contributed by atoms with Crippen molar-refractivity contribution in [1.82, 2.24) is 16.1 Å². The van der Waals surface area contributed by atoms with Crippen molar-refractivity contribution in [1.29, 1.82) is 0 Å². The number of amides is 2. The molecule has 13 heteroatoms. The van der Waals surface area contributed by atoms with Gasteiger partial charge in [0, 0.05) is 16.8 Å². The Morgan fingerprint density at radius 1 is 1.07 bits per heavy atom. The van der Waals surface area contributed by atoms with Crippen LogP contribution in [0.1, 0.15) is 36.6 Å². The van der Waals surface area contributed by atoms with E-state index in [0.29, 0.717) is 52.0 Å². The number of carbonyl (C=O) groups excluding carboxylic acids is 2. The Bertz CT molecular complexity index is 1580. The number of allylic oxidation sites excluding steroid dienone is 1. The molecule has 1 heterocycles.